The molecule has 0 bridgehead atoms. The molecule has 1 aliphatic heterocycles. The summed E-state index contributed by atoms with van der Waals surface area (Å²) < 4.78 is 6.34. The fourth-order valence-corrected chi connectivity index (χ4v) is 2.28. The van der Waals surface area contributed by atoms with Crippen LogP contribution in [-0.2, 0) is 4.74 Å². The first kappa shape index (κ1) is 13.0. The van der Waals surface area contributed by atoms with Gasteiger partial charge in [-0.1, -0.05) is 0 Å². The molecular formula is C10H13N5O5. The van der Waals surface area contributed by atoms with Gasteiger partial charge in [0.2, 0.25) is 0 Å². The summed E-state index contributed by atoms with van der Waals surface area (Å²) in [5.41, 5.74) is 5.38. The maximum absolute atomic E-state index is 12.0. The number of nitrogen functional groups attached to an aromatic ring is 1. The van der Waals surface area contributed by atoms with Gasteiger partial charge in [-0.2, -0.15) is 0 Å². The number of rotatable bonds is 2. The van der Waals surface area contributed by atoms with Gasteiger partial charge in [-0.05, 0) is 0 Å². The first-order chi connectivity index (χ1) is 9.54. The van der Waals surface area contributed by atoms with E-state index in [1.54, 1.807) is 0 Å². The monoisotopic (exact) mass is 283 g/mol. The van der Waals surface area contributed by atoms with Gasteiger partial charge in [0, 0.05) is 0 Å². The molecule has 2 aromatic rings. The van der Waals surface area contributed by atoms with Gasteiger partial charge in [0.15, 0.2) is 17.7 Å². The SMILES string of the molecule is Nc1ncnc2c1[nH]c(=O)n2[C@@H]1O[C@H](CO)C(O)[C@H]1O. The third-order valence-corrected chi connectivity index (χ3v) is 3.31. The number of hydrogen-bond donors (Lipinski definition) is 5. The van der Waals surface area contributed by atoms with Crippen molar-refractivity contribution in [2.24, 2.45) is 0 Å². The zero-order valence-electron chi connectivity index (χ0n) is 10.2. The molecule has 4 atom stereocenters. The molecule has 0 spiro atoms. The number of ether oxygens (including phenoxy) is 1. The van der Waals surface area contributed by atoms with Crippen LogP contribution < -0.4 is 11.4 Å². The van der Waals surface area contributed by atoms with Crippen LogP contribution in [0.15, 0.2) is 11.1 Å². The predicted octanol–water partition coefficient (Wildman–Crippen LogP) is -2.69. The van der Waals surface area contributed by atoms with Crippen molar-refractivity contribution in [3.63, 3.8) is 0 Å². The Labute approximate surface area is 111 Å². The summed E-state index contributed by atoms with van der Waals surface area (Å²) in [6.07, 6.45) is -3.66. The van der Waals surface area contributed by atoms with Crippen molar-refractivity contribution >= 4 is 17.0 Å². The number of nitrogens with one attached hydrogen (secondary N) is 1. The molecule has 0 radical (unpaired) electrons. The third kappa shape index (κ3) is 1.70. The number of nitrogens with zero attached hydrogens (tertiary/aromatic N) is 3. The molecule has 2 aromatic heterocycles. The van der Waals surface area contributed by atoms with Crippen LogP contribution in [-0.4, -0.2) is 59.8 Å². The van der Waals surface area contributed by atoms with E-state index in [9.17, 15) is 15.0 Å². The molecule has 0 aliphatic carbocycles. The number of hydrogen-bond acceptors (Lipinski definition) is 8. The second-order valence-electron chi connectivity index (χ2n) is 4.49. The van der Waals surface area contributed by atoms with Crippen LogP contribution in [0.3, 0.4) is 0 Å². The maximum Gasteiger partial charge on any atom is 0.330 e. The molecule has 1 saturated heterocycles. The minimum atomic E-state index is -1.37. The lowest BCUT2D eigenvalue weighted by Crippen LogP contribution is -2.34. The van der Waals surface area contributed by atoms with Crippen LogP contribution >= 0.6 is 0 Å². The highest BCUT2D eigenvalue weighted by atomic mass is 16.6. The summed E-state index contributed by atoms with van der Waals surface area (Å²) in [4.78, 5) is 22.1. The quantitative estimate of drug-likeness (QED) is 0.398. The lowest BCUT2D eigenvalue weighted by atomic mass is 10.1. The second kappa shape index (κ2) is 4.52. The topological polar surface area (TPSA) is 160 Å². The van der Waals surface area contributed by atoms with E-state index in [-0.39, 0.29) is 17.0 Å². The Morgan fingerprint density at radius 1 is 1.40 bits per heavy atom. The summed E-state index contributed by atoms with van der Waals surface area (Å²) in [5.74, 6) is 0.0811. The Bertz CT molecular complexity index is 697. The first-order valence-corrected chi connectivity index (χ1v) is 5.87. The standard InChI is InChI=1S/C10H13N5O5/c11-7-4-8(13-2-12-7)15(10(19)14-4)9-6(18)5(17)3(1-16)20-9/h2-3,5-6,9,16-18H,1H2,(H,14,19)(H2,11,12,13)/t3-,5?,6-,9-/m1/s1. The van der Waals surface area contributed by atoms with Crippen LogP contribution in [0.2, 0.25) is 0 Å². The predicted molar refractivity (Wildman–Crippen MR) is 65.6 cm³/mol. The average Bonchev–Trinajstić information content (AvgIpc) is 2.90. The molecule has 1 unspecified atom stereocenters. The number of imidazole rings is 1. The highest BCUT2D eigenvalue weighted by Gasteiger charge is 2.44. The molecule has 10 heteroatoms. The van der Waals surface area contributed by atoms with Crippen molar-refractivity contribution in [3.05, 3.63) is 16.8 Å². The lowest BCUT2D eigenvalue weighted by Gasteiger charge is -2.15. The van der Waals surface area contributed by atoms with Gasteiger partial charge in [-0.3, -0.25) is 0 Å². The fourth-order valence-electron chi connectivity index (χ4n) is 2.28. The van der Waals surface area contributed by atoms with Crippen molar-refractivity contribution in [2.45, 2.75) is 24.5 Å². The summed E-state index contributed by atoms with van der Waals surface area (Å²) in [7, 11) is 0. The fraction of sp³-hybridized carbons (Fsp3) is 0.500. The van der Waals surface area contributed by atoms with Gasteiger partial charge >= 0.3 is 5.69 Å². The molecule has 0 amide bonds. The number of aromatic amines is 1. The zero-order valence-corrected chi connectivity index (χ0v) is 10.2. The van der Waals surface area contributed by atoms with Gasteiger partial charge < -0.3 is 30.8 Å². The number of aliphatic hydroxyl groups is 3. The van der Waals surface area contributed by atoms with Gasteiger partial charge in [0.1, 0.15) is 30.2 Å². The Morgan fingerprint density at radius 3 is 2.80 bits per heavy atom. The van der Waals surface area contributed by atoms with Crippen molar-refractivity contribution in [3.8, 4) is 0 Å². The Hall–Kier alpha value is -2.01. The number of aromatic nitrogens is 4. The molecule has 1 fully saturated rings. The van der Waals surface area contributed by atoms with E-state index >= 15 is 0 Å². The van der Waals surface area contributed by atoms with Crippen LogP contribution in [0.4, 0.5) is 5.82 Å². The van der Waals surface area contributed by atoms with E-state index in [1.807, 2.05) is 0 Å². The van der Waals surface area contributed by atoms with E-state index in [4.69, 9.17) is 15.6 Å². The van der Waals surface area contributed by atoms with E-state index in [0.29, 0.717) is 0 Å². The third-order valence-electron chi connectivity index (χ3n) is 3.31. The maximum atomic E-state index is 12.0. The van der Waals surface area contributed by atoms with Gasteiger partial charge in [-0.15, -0.1) is 0 Å². The van der Waals surface area contributed by atoms with Crippen LogP contribution in [0, 0.1) is 0 Å². The zero-order chi connectivity index (χ0) is 14.4. The number of anilines is 1. The average molecular weight is 283 g/mol. The molecule has 10 nitrogen and oxygen atoms in total. The van der Waals surface area contributed by atoms with Crippen molar-refractivity contribution < 1.29 is 20.1 Å². The second-order valence-corrected chi connectivity index (χ2v) is 4.49. The van der Waals surface area contributed by atoms with E-state index in [0.717, 1.165) is 4.57 Å². The largest absolute Gasteiger partial charge is 0.394 e. The van der Waals surface area contributed by atoms with Gasteiger partial charge in [0.25, 0.3) is 0 Å². The number of fused-ring (bicyclic) bond motifs is 1. The van der Waals surface area contributed by atoms with Crippen molar-refractivity contribution in [1.29, 1.82) is 0 Å². The number of nitrogens with two attached hydrogens (primary N) is 1. The number of aliphatic hydroxyl groups excluding tert-OH is 3. The van der Waals surface area contributed by atoms with E-state index < -0.39 is 36.8 Å². The number of H-pyrrole nitrogens is 1. The van der Waals surface area contributed by atoms with Gasteiger partial charge in [0.05, 0.1) is 6.61 Å². The minimum Gasteiger partial charge on any atom is -0.394 e. The van der Waals surface area contributed by atoms with E-state index in [2.05, 4.69) is 15.0 Å². The first-order valence-electron chi connectivity index (χ1n) is 5.87. The summed E-state index contributed by atoms with van der Waals surface area (Å²) >= 11 is 0. The molecule has 1 aliphatic rings. The van der Waals surface area contributed by atoms with Crippen LogP contribution in [0.1, 0.15) is 6.23 Å². The summed E-state index contributed by atoms with van der Waals surface area (Å²) in [5, 5.41) is 28.7. The molecule has 0 saturated carbocycles. The molecule has 6 N–H and O–H groups in total. The molecule has 108 valence electrons. The highest BCUT2D eigenvalue weighted by Crippen LogP contribution is 2.30. The minimum absolute atomic E-state index is 0.0811. The Morgan fingerprint density at radius 2 is 2.15 bits per heavy atom. The smallest absolute Gasteiger partial charge is 0.330 e. The molecule has 3 heterocycles. The Kier molecular flexibility index (Phi) is 2.94. The highest BCUT2D eigenvalue weighted by molar-refractivity contribution is 5.81. The molecule has 20 heavy (non-hydrogen) atoms. The van der Waals surface area contributed by atoms with Crippen molar-refractivity contribution in [2.75, 3.05) is 12.3 Å². The normalized spacial score (nSPS) is 30.1. The van der Waals surface area contributed by atoms with Gasteiger partial charge in [-0.25, -0.2) is 19.3 Å². The molecule has 3 rings (SSSR count). The van der Waals surface area contributed by atoms with E-state index in [1.165, 1.54) is 6.33 Å². The molecule has 0 aromatic carbocycles. The van der Waals surface area contributed by atoms with Crippen molar-refractivity contribution in [1.82, 2.24) is 19.5 Å². The van der Waals surface area contributed by atoms with Crippen LogP contribution in [0.5, 0.6) is 0 Å². The summed E-state index contributed by atoms with van der Waals surface area (Å²) in [6.45, 7) is -0.483. The molecular weight excluding hydrogens is 270 g/mol. The van der Waals surface area contributed by atoms with Crippen LogP contribution in [0.25, 0.3) is 11.2 Å². The lowest BCUT2D eigenvalue weighted by molar-refractivity contribution is -0.0524. The Balaban J connectivity index is 2.14. The summed E-state index contributed by atoms with van der Waals surface area (Å²) in [6, 6.07) is 0.